The number of carboxylic acids is 1. The minimum atomic E-state index is -1.14. The summed E-state index contributed by atoms with van der Waals surface area (Å²) in [5.41, 5.74) is 0.820. The highest BCUT2D eigenvalue weighted by Crippen LogP contribution is 2.20. The van der Waals surface area contributed by atoms with Crippen LogP contribution >= 0.6 is 0 Å². The van der Waals surface area contributed by atoms with Crippen LogP contribution in [0.5, 0.6) is 0 Å². The Kier molecular flexibility index (Phi) is 7.24. The van der Waals surface area contributed by atoms with E-state index in [0.29, 0.717) is 19.1 Å². The van der Waals surface area contributed by atoms with Crippen LogP contribution in [0.15, 0.2) is 24.3 Å². The average Bonchev–Trinajstić information content (AvgIpc) is 2.60. The zero-order chi connectivity index (χ0) is 21.8. The van der Waals surface area contributed by atoms with Crippen LogP contribution in [0.2, 0.25) is 0 Å². The third-order valence-electron chi connectivity index (χ3n) is 4.66. The summed E-state index contributed by atoms with van der Waals surface area (Å²) in [6.45, 7) is 11.1. The largest absolute Gasteiger partial charge is 0.480 e. The van der Waals surface area contributed by atoms with Crippen LogP contribution in [0.25, 0.3) is 0 Å². The molecule has 1 heterocycles. The van der Waals surface area contributed by atoms with Crippen LogP contribution in [0.1, 0.15) is 40.2 Å². The molecule has 2 N–H and O–H groups in total. The smallest absolute Gasteiger partial charge is 0.408 e. The number of carbonyl (C=O) groups is 3. The minimum Gasteiger partial charge on any atom is -0.480 e. The lowest BCUT2D eigenvalue weighted by atomic mass is 10.1. The van der Waals surface area contributed by atoms with Gasteiger partial charge in [0.1, 0.15) is 11.6 Å². The van der Waals surface area contributed by atoms with E-state index in [-0.39, 0.29) is 12.3 Å². The Hall–Kier alpha value is -2.61. The number of aliphatic carboxylic acids is 1. The molecule has 1 saturated heterocycles. The van der Waals surface area contributed by atoms with E-state index in [1.165, 1.54) is 0 Å². The second kappa shape index (κ2) is 9.26. The first kappa shape index (κ1) is 22.7. The van der Waals surface area contributed by atoms with Crippen molar-refractivity contribution in [3.05, 3.63) is 29.8 Å². The van der Waals surface area contributed by atoms with Crippen molar-refractivity contribution in [1.82, 2.24) is 10.2 Å². The molecule has 1 aromatic rings. The third-order valence-corrected chi connectivity index (χ3v) is 4.66. The normalized spacial score (nSPS) is 16.6. The molecule has 1 unspecified atom stereocenters. The Bertz CT molecular complexity index is 740. The number of benzene rings is 1. The van der Waals surface area contributed by atoms with Gasteiger partial charge < -0.3 is 20.1 Å². The van der Waals surface area contributed by atoms with Gasteiger partial charge in [0.15, 0.2) is 0 Å². The summed E-state index contributed by atoms with van der Waals surface area (Å²) in [6, 6.07) is 6.41. The van der Waals surface area contributed by atoms with Crippen molar-refractivity contribution in [2.24, 2.45) is 0 Å². The molecule has 1 atom stereocenters. The number of carbonyl (C=O) groups excluding carboxylic acids is 2. The van der Waals surface area contributed by atoms with Gasteiger partial charge in [-0.2, -0.15) is 0 Å². The second-order valence-electron chi connectivity index (χ2n) is 8.52. The van der Waals surface area contributed by atoms with E-state index in [9.17, 15) is 19.5 Å². The number of amides is 2. The lowest BCUT2D eigenvalue weighted by molar-refractivity contribution is -0.139. The SMILES string of the molecule is CC(C)N1CCN(c2ccc(CC(NC(=O)OC(C)(C)C)C(=O)O)cc2)C(=O)C1. The molecular weight excluding hydrogens is 374 g/mol. The third kappa shape index (κ3) is 6.74. The van der Waals surface area contributed by atoms with Gasteiger partial charge in [-0.1, -0.05) is 12.1 Å². The summed E-state index contributed by atoms with van der Waals surface area (Å²) in [5, 5.41) is 11.8. The van der Waals surface area contributed by atoms with E-state index in [2.05, 4.69) is 24.1 Å². The molecule has 8 heteroatoms. The number of hydrogen-bond acceptors (Lipinski definition) is 5. The van der Waals surface area contributed by atoms with Crippen molar-refractivity contribution in [2.45, 2.75) is 58.7 Å². The lowest BCUT2D eigenvalue weighted by Gasteiger charge is -2.36. The molecule has 29 heavy (non-hydrogen) atoms. The van der Waals surface area contributed by atoms with Gasteiger partial charge in [0.2, 0.25) is 5.91 Å². The van der Waals surface area contributed by atoms with Gasteiger partial charge in [0.25, 0.3) is 0 Å². The van der Waals surface area contributed by atoms with Gasteiger partial charge in [-0.15, -0.1) is 0 Å². The van der Waals surface area contributed by atoms with Crippen molar-refractivity contribution in [2.75, 3.05) is 24.5 Å². The monoisotopic (exact) mass is 405 g/mol. The van der Waals surface area contributed by atoms with Crippen molar-refractivity contribution in [3.63, 3.8) is 0 Å². The minimum absolute atomic E-state index is 0.0488. The maximum absolute atomic E-state index is 12.4. The van der Waals surface area contributed by atoms with Gasteiger partial charge in [0.05, 0.1) is 6.54 Å². The number of nitrogens with one attached hydrogen (secondary N) is 1. The maximum Gasteiger partial charge on any atom is 0.408 e. The molecule has 0 radical (unpaired) electrons. The quantitative estimate of drug-likeness (QED) is 0.753. The average molecular weight is 405 g/mol. The van der Waals surface area contributed by atoms with Crippen LogP contribution in [-0.4, -0.2) is 65.3 Å². The number of alkyl carbamates (subject to hydrolysis) is 1. The Morgan fingerprint density at radius 2 is 1.79 bits per heavy atom. The van der Waals surface area contributed by atoms with E-state index in [1.807, 2.05) is 12.1 Å². The predicted molar refractivity (Wildman–Crippen MR) is 110 cm³/mol. The molecular formula is C21H31N3O5. The first-order valence-corrected chi connectivity index (χ1v) is 9.82. The van der Waals surface area contributed by atoms with Crippen LogP contribution in [0, 0.1) is 0 Å². The summed E-state index contributed by atoms with van der Waals surface area (Å²) in [5.74, 6) is -1.09. The first-order valence-electron chi connectivity index (χ1n) is 9.82. The molecule has 0 saturated carbocycles. The van der Waals surface area contributed by atoms with E-state index >= 15 is 0 Å². The van der Waals surface area contributed by atoms with E-state index < -0.39 is 23.7 Å². The fourth-order valence-electron chi connectivity index (χ4n) is 3.10. The lowest BCUT2D eigenvalue weighted by Crippen LogP contribution is -2.52. The summed E-state index contributed by atoms with van der Waals surface area (Å²) in [6.07, 6.45) is -0.653. The highest BCUT2D eigenvalue weighted by atomic mass is 16.6. The predicted octanol–water partition coefficient (Wildman–Crippen LogP) is 2.26. The summed E-state index contributed by atoms with van der Waals surface area (Å²) in [4.78, 5) is 39.7. The van der Waals surface area contributed by atoms with Gasteiger partial charge >= 0.3 is 12.1 Å². The number of piperazine rings is 1. The molecule has 2 rings (SSSR count). The fraction of sp³-hybridized carbons (Fsp3) is 0.571. The molecule has 8 nitrogen and oxygen atoms in total. The van der Waals surface area contributed by atoms with Crippen LogP contribution in [-0.2, 0) is 20.7 Å². The Morgan fingerprint density at radius 3 is 2.28 bits per heavy atom. The molecule has 2 amide bonds. The topological polar surface area (TPSA) is 99.2 Å². The Labute approximate surface area is 171 Å². The molecule has 0 aliphatic carbocycles. The maximum atomic E-state index is 12.4. The highest BCUT2D eigenvalue weighted by Gasteiger charge is 2.27. The standard InChI is InChI=1S/C21H31N3O5/c1-14(2)23-10-11-24(18(25)13-23)16-8-6-15(7-9-16)12-17(19(26)27)22-20(28)29-21(3,4)5/h6-9,14,17H,10-13H2,1-5H3,(H,22,28)(H,26,27). The molecule has 1 fully saturated rings. The second-order valence-corrected chi connectivity index (χ2v) is 8.52. The number of rotatable bonds is 6. The molecule has 1 aliphatic rings. The number of ether oxygens (including phenoxy) is 1. The van der Waals surface area contributed by atoms with Crippen LogP contribution in [0.4, 0.5) is 10.5 Å². The molecule has 1 aliphatic heterocycles. The number of nitrogens with zero attached hydrogens (tertiary/aromatic N) is 2. The van der Waals surface area contributed by atoms with Crippen LogP contribution < -0.4 is 10.2 Å². The van der Waals surface area contributed by atoms with E-state index in [1.54, 1.807) is 37.8 Å². The zero-order valence-electron chi connectivity index (χ0n) is 17.8. The van der Waals surface area contributed by atoms with Gasteiger partial charge in [0, 0.05) is 31.2 Å². The van der Waals surface area contributed by atoms with Crippen molar-refractivity contribution in [3.8, 4) is 0 Å². The zero-order valence-corrected chi connectivity index (χ0v) is 17.8. The molecule has 0 spiro atoms. The van der Waals surface area contributed by atoms with E-state index in [4.69, 9.17) is 4.74 Å². The van der Waals surface area contributed by atoms with Crippen molar-refractivity contribution >= 4 is 23.7 Å². The molecule has 0 aromatic heterocycles. The summed E-state index contributed by atoms with van der Waals surface area (Å²) < 4.78 is 5.13. The number of carboxylic acid groups (broad SMARTS) is 1. The highest BCUT2D eigenvalue weighted by molar-refractivity contribution is 5.95. The van der Waals surface area contributed by atoms with E-state index in [0.717, 1.165) is 17.8 Å². The van der Waals surface area contributed by atoms with Crippen molar-refractivity contribution in [1.29, 1.82) is 0 Å². The van der Waals surface area contributed by atoms with Crippen LogP contribution in [0.3, 0.4) is 0 Å². The Balaban J connectivity index is 2.00. The number of anilines is 1. The Morgan fingerprint density at radius 1 is 1.17 bits per heavy atom. The van der Waals surface area contributed by atoms with Gasteiger partial charge in [-0.3, -0.25) is 9.69 Å². The fourth-order valence-corrected chi connectivity index (χ4v) is 3.10. The van der Waals surface area contributed by atoms with Gasteiger partial charge in [-0.25, -0.2) is 9.59 Å². The summed E-state index contributed by atoms with van der Waals surface area (Å²) >= 11 is 0. The summed E-state index contributed by atoms with van der Waals surface area (Å²) in [7, 11) is 0. The molecule has 160 valence electrons. The molecule has 1 aromatic carbocycles. The molecule has 0 bridgehead atoms. The number of hydrogen-bond donors (Lipinski definition) is 2. The van der Waals surface area contributed by atoms with Crippen molar-refractivity contribution < 1.29 is 24.2 Å². The van der Waals surface area contributed by atoms with Gasteiger partial charge in [-0.05, 0) is 52.3 Å². The first-order chi connectivity index (χ1) is 13.5.